The summed E-state index contributed by atoms with van der Waals surface area (Å²) in [5, 5.41) is 23.9. The van der Waals surface area contributed by atoms with Crippen molar-refractivity contribution >= 4 is 39.8 Å². The number of para-hydroxylation sites is 1. The monoisotopic (exact) mass is 331 g/mol. The lowest BCUT2D eigenvalue weighted by Crippen LogP contribution is -2.14. The zero-order valence-corrected chi connectivity index (χ0v) is 13.2. The van der Waals surface area contributed by atoms with Crippen molar-refractivity contribution in [2.24, 2.45) is 0 Å². The van der Waals surface area contributed by atoms with E-state index in [2.05, 4.69) is 26.9 Å². The molecule has 8 heteroatoms. The van der Waals surface area contributed by atoms with E-state index in [1.165, 1.54) is 35.9 Å². The second-order valence-electron chi connectivity index (χ2n) is 4.79. The van der Waals surface area contributed by atoms with Gasteiger partial charge < -0.3 is 10.6 Å². The summed E-state index contributed by atoms with van der Waals surface area (Å²) < 4.78 is 0.756. The summed E-state index contributed by atoms with van der Waals surface area (Å²) in [6.45, 7) is 0. The molecule has 0 bridgehead atoms. The summed E-state index contributed by atoms with van der Waals surface area (Å²) in [6, 6.07) is 9.52. The van der Waals surface area contributed by atoms with Crippen LogP contribution >= 0.6 is 23.1 Å². The Morgan fingerprint density at radius 3 is 3.00 bits per heavy atom. The molecular weight excluding hydrogens is 318 g/mol. The van der Waals surface area contributed by atoms with Crippen molar-refractivity contribution in [3.63, 3.8) is 0 Å². The summed E-state index contributed by atoms with van der Waals surface area (Å²) in [6.07, 6.45) is 2.37. The van der Waals surface area contributed by atoms with Crippen molar-refractivity contribution < 1.29 is 4.79 Å². The first-order chi connectivity index (χ1) is 10.7. The van der Waals surface area contributed by atoms with Gasteiger partial charge in [0.05, 0.1) is 17.0 Å². The molecule has 0 atom stereocenters. The Kier molecular flexibility index (Phi) is 4.56. The Balaban J connectivity index is 1.51. The standard InChI is InChI=1S/C14H13N5OS2/c15-7-9-3-1-2-4-11(9)17-12(20)8-21-14-19-18-13(22-14)16-10-5-6-10/h1-4,10H,5-6,8H2,(H,16,18)(H,17,20). The molecule has 2 aromatic rings. The number of carbonyl (C=O) groups is 1. The van der Waals surface area contributed by atoms with Crippen LogP contribution in [-0.2, 0) is 4.79 Å². The summed E-state index contributed by atoms with van der Waals surface area (Å²) in [5.41, 5.74) is 0.983. The Hall–Kier alpha value is -2.11. The number of nitrogens with one attached hydrogen (secondary N) is 2. The zero-order chi connectivity index (χ0) is 15.4. The van der Waals surface area contributed by atoms with Gasteiger partial charge in [0.25, 0.3) is 0 Å². The van der Waals surface area contributed by atoms with Gasteiger partial charge in [0.1, 0.15) is 6.07 Å². The third-order valence-electron chi connectivity index (χ3n) is 2.96. The van der Waals surface area contributed by atoms with Crippen LogP contribution < -0.4 is 10.6 Å². The van der Waals surface area contributed by atoms with E-state index in [4.69, 9.17) is 5.26 Å². The van der Waals surface area contributed by atoms with Crippen LogP contribution in [0.4, 0.5) is 10.8 Å². The highest BCUT2D eigenvalue weighted by atomic mass is 32.2. The molecule has 6 nitrogen and oxygen atoms in total. The minimum atomic E-state index is -0.167. The highest BCUT2D eigenvalue weighted by Gasteiger charge is 2.22. The van der Waals surface area contributed by atoms with Gasteiger partial charge in [0.15, 0.2) is 4.34 Å². The minimum Gasteiger partial charge on any atom is -0.357 e. The maximum atomic E-state index is 11.9. The average molecular weight is 331 g/mol. The minimum absolute atomic E-state index is 0.167. The molecule has 0 spiro atoms. The van der Waals surface area contributed by atoms with Crippen LogP contribution in [0.1, 0.15) is 18.4 Å². The number of anilines is 2. The van der Waals surface area contributed by atoms with Gasteiger partial charge in [-0.05, 0) is 25.0 Å². The van der Waals surface area contributed by atoms with Crippen LogP contribution in [0.25, 0.3) is 0 Å². The predicted molar refractivity (Wildman–Crippen MR) is 87.1 cm³/mol. The number of rotatable bonds is 6. The van der Waals surface area contributed by atoms with Gasteiger partial charge >= 0.3 is 0 Å². The molecule has 1 heterocycles. The number of hydrogen-bond acceptors (Lipinski definition) is 7. The molecule has 1 aliphatic carbocycles. The first kappa shape index (κ1) is 14.8. The first-order valence-corrected chi connectivity index (χ1v) is 8.56. The lowest BCUT2D eigenvalue weighted by atomic mass is 10.2. The van der Waals surface area contributed by atoms with E-state index in [0.29, 0.717) is 17.3 Å². The van der Waals surface area contributed by atoms with E-state index >= 15 is 0 Å². The lowest BCUT2D eigenvalue weighted by molar-refractivity contribution is -0.113. The highest BCUT2D eigenvalue weighted by molar-refractivity contribution is 8.01. The normalized spacial score (nSPS) is 13.4. The Morgan fingerprint density at radius 2 is 2.23 bits per heavy atom. The summed E-state index contributed by atoms with van der Waals surface area (Å²) in [4.78, 5) is 11.9. The number of hydrogen-bond donors (Lipinski definition) is 2. The van der Waals surface area contributed by atoms with Gasteiger partial charge in [-0.25, -0.2) is 0 Å². The van der Waals surface area contributed by atoms with Crippen LogP contribution in [0.2, 0.25) is 0 Å². The fourth-order valence-electron chi connectivity index (χ4n) is 1.73. The fourth-order valence-corrected chi connectivity index (χ4v) is 3.36. The number of aromatic nitrogens is 2. The molecule has 0 unspecified atom stereocenters. The molecule has 3 rings (SSSR count). The molecule has 1 fully saturated rings. The highest BCUT2D eigenvalue weighted by Crippen LogP contribution is 2.30. The lowest BCUT2D eigenvalue weighted by Gasteiger charge is -2.05. The van der Waals surface area contributed by atoms with Crippen LogP contribution in [0.5, 0.6) is 0 Å². The number of nitriles is 1. The molecule has 0 aliphatic heterocycles. The molecule has 1 saturated carbocycles. The van der Waals surface area contributed by atoms with Gasteiger partial charge in [-0.15, -0.1) is 10.2 Å². The average Bonchev–Trinajstić information content (AvgIpc) is 3.22. The Labute approximate surface area is 135 Å². The van der Waals surface area contributed by atoms with Crippen molar-refractivity contribution in [2.45, 2.75) is 23.2 Å². The van der Waals surface area contributed by atoms with Gasteiger partial charge in [0.2, 0.25) is 11.0 Å². The third-order valence-corrected chi connectivity index (χ3v) is 4.95. The van der Waals surface area contributed by atoms with E-state index in [-0.39, 0.29) is 11.7 Å². The van der Waals surface area contributed by atoms with E-state index in [9.17, 15) is 4.79 Å². The molecule has 22 heavy (non-hydrogen) atoms. The maximum absolute atomic E-state index is 11.9. The molecule has 1 aromatic heterocycles. The van der Waals surface area contributed by atoms with Crippen LogP contribution in [0.3, 0.4) is 0 Å². The molecular formula is C14H13N5OS2. The van der Waals surface area contributed by atoms with Crippen LogP contribution in [0, 0.1) is 11.3 Å². The van der Waals surface area contributed by atoms with Crippen LogP contribution in [-0.4, -0.2) is 27.9 Å². The number of carbonyl (C=O) groups excluding carboxylic acids is 1. The molecule has 1 aliphatic rings. The van der Waals surface area contributed by atoms with E-state index in [1.807, 2.05) is 0 Å². The fraction of sp³-hybridized carbons (Fsp3) is 0.286. The molecule has 0 radical (unpaired) electrons. The van der Waals surface area contributed by atoms with Gasteiger partial charge in [-0.3, -0.25) is 4.79 Å². The molecule has 0 saturated heterocycles. The van der Waals surface area contributed by atoms with Crippen molar-refractivity contribution in [2.75, 3.05) is 16.4 Å². The van der Waals surface area contributed by atoms with Crippen molar-refractivity contribution in [1.29, 1.82) is 5.26 Å². The number of thioether (sulfide) groups is 1. The van der Waals surface area contributed by atoms with E-state index in [1.54, 1.807) is 24.3 Å². The largest absolute Gasteiger partial charge is 0.357 e. The summed E-state index contributed by atoms with van der Waals surface area (Å²) in [5.74, 6) is 0.0669. The van der Waals surface area contributed by atoms with Gasteiger partial charge in [-0.1, -0.05) is 35.2 Å². The van der Waals surface area contributed by atoms with E-state index < -0.39 is 0 Å². The number of nitrogens with zero attached hydrogens (tertiary/aromatic N) is 3. The van der Waals surface area contributed by atoms with Crippen molar-refractivity contribution in [1.82, 2.24) is 10.2 Å². The maximum Gasteiger partial charge on any atom is 0.234 e. The van der Waals surface area contributed by atoms with Gasteiger partial charge in [-0.2, -0.15) is 5.26 Å². The number of benzene rings is 1. The first-order valence-electron chi connectivity index (χ1n) is 6.76. The summed E-state index contributed by atoms with van der Waals surface area (Å²) >= 11 is 2.79. The predicted octanol–water partition coefficient (Wildman–Crippen LogP) is 2.71. The molecule has 1 aromatic carbocycles. The third kappa shape index (κ3) is 3.96. The molecule has 2 N–H and O–H groups in total. The zero-order valence-electron chi connectivity index (χ0n) is 11.6. The second-order valence-corrected chi connectivity index (χ2v) is 6.99. The van der Waals surface area contributed by atoms with Crippen LogP contribution in [0.15, 0.2) is 28.6 Å². The number of amides is 1. The van der Waals surface area contributed by atoms with Gasteiger partial charge in [0, 0.05) is 6.04 Å². The van der Waals surface area contributed by atoms with Crippen molar-refractivity contribution in [3.05, 3.63) is 29.8 Å². The SMILES string of the molecule is N#Cc1ccccc1NC(=O)CSc1nnc(NC2CC2)s1. The molecule has 1 amide bonds. The Morgan fingerprint density at radius 1 is 1.41 bits per heavy atom. The van der Waals surface area contributed by atoms with E-state index in [0.717, 1.165) is 9.47 Å². The topological polar surface area (TPSA) is 90.7 Å². The smallest absolute Gasteiger partial charge is 0.234 e. The van der Waals surface area contributed by atoms with Crippen molar-refractivity contribution in [3.8, 4) is 6.07 Å². The Bertz CT molecular complexity index is 720. The molecule has 112 valence electrons. The summed E-state index contributed by atoms with van der Waals surface area (Å²) in [7, 11) is 0. The quantitative estimate of drug-likeness (QED) is 0.791. The second kappa shape index (κ2) is 6.77.